The van der Waals surface area contributed by atoms with E-state index in [1.807, 2.05) is 31.2 Å². The SMILES string of the molecule is CCC(C(=O)NC1(CC(=O)O)CCCOC1)c1ccc(Br)cc1. The van der Waals surface area contributed by atoms with Gasteiger partial charge in [-0.25, -0.2) is 0 Å². The highest BCUT2D eigenvalue weighted by atomic mass is 79.9. The van der Waals surface area contributed by atoms with Crippen LogP contribution in [0.15, 0.2) is 28.7 Å². The molecule has 0 radical (unpaired) electrons. The Morgan fingerprint density at radius 2 is 2.09 bits per heavy atom. The Hall–Kier alpha value is -1.40. The number of amides is 1. The van der Waals surface area contributed by atoms with Crippen molar-refractivity contribution in [3.05, 3.63) is 34.3 Å². The Labute approximate surface area is 144 Å². The number of hydrogen-bond donors (Lipinski definition) is 2. The molecular formula is C17H22BrNO4. The number of benzene rings is 1. The molecule has 1 amide bonds. The lowest BCUT2D eigenvalue weighted by Gasteiger charge is -2.37. The first-order chi connectivity index (χ1) is 11.0. The van der Waals surface area contributed by atoms with Crippen LogP contribution in [0.1, 0.15) is 44.1 Å². The fraction of sp³-hybridized carbons (Fsp3) is 0.529. The van der Waals surface area contributed by atoms with Crippen LogP contribution in [0.3, 0.4) is 0 Å². The van der Waals surface area contributed by atoms with Gasteiger partial charge in [-0.2, -0.15) is 0 Å². The maximum atomic E-state index is 12.7. The molecule has 0 aromatic heterocycles. The first-order valence-corrected chi connectivity index (χ1v) is 8.62. The normalized spacial score (nSPS) is 22.3. The summed E-state index contributed by atoms with van der Waals surface area (Å²) in [6.07, 6.45) is 1.91. The molecular weight excluding hydrogens is 362 g/mol. The van der Waals surface area contributed by atoms with Gasteiger partial charge in [0, 0.05) is 11.1 Å². The molecule has 1 aliphatic heterocycles. The number of carboxylic acid groups (broad SMARTS) is 1. The molecule has 2 atom stereocenters. The van der Waals surface area contributed by atoms with Crippen LogP contribution < -0.4 is 5.32 Å². The Kier molecular flexibility index (Phi) is 6.18. The quantitative estimate of drug-likeness (QED) is 0.791. The van der Waals surface area contributed by atoms with E-state index in [0.29, 0.717) is 19.4 Å². The number of carbonyl (C=O) groups excluding carboxylic acids is 1. The third-order valence-electron chi connectivity index (χ3n) is 4.20. The predicted molar refractivity (Wildman–Crippen MR) is 90.4 cm³/mol. The second-order valence-electron chi connectivity index (χ2n) is 6.01. The van der Waals surface area contributed by atoms with E-state index in [2.05, 4.69) is 21.2 Å². The molecule has 0 spiro atoms. The first-order valence-electron chi connectivity index (χ1n) is 7.83. The molecule has 6 heteroatoms. The van der Waals surface area contributed by atoms with Gasteiger partial charge < -0.3 is 15.2 Å². The van der Waals surface area contributed by atoms with E-state index in [-0.39, 0.29) is 24.9 Å². The largest absolute Gasteiger partial charge is 0.481 e. The van der Waals surface area contributed by atoms with Crippen LogP contribution >= 0.6 is 15.9 Å². The molecule has 1 heterocycles. The number of halogens is 1. The Morgan fingerprint density at radius 3 is 2.61 bits per heavy atom. The van der Waals surface area contributed by atoms with Gasteiger partial charge in [0.2, 0.25) is 5.91 Å². The molecule has 2 rings (SSSR count). The molecule has 1 aromatic carbocycles. The number of carbonyl (C=O) groups is 2. The summed E-state index contributed by atoms with van der Waals surface area (Å²) in [5.74, 6) is -1.36. The van der Waals surface area contributed by atoms with Gasteiger partial charge in [-0.1, -0.05) is 35.0 Å². The molecule has 126 valence electrons. The van der Waals surface area contributed by atoms with Gasteiger partial charge in [0.05, 0.1) is 24.5 Å². The monoisotopic (exact) mass is 383 g/mol. The molecule has 2 unspecified atom stereocenters. The van der Waals surface area contributed by atoms with Crippen LogP contribution in [0, 0.1) is 0 Å². The summed E-state index contributed by atoms with van der Waals surface area (Å²) in [5, 5.41) is 12.1. The Morgan fingerprint density at radius 1 is 1.39 bits per heavy atom. The smallest absolute Gasteiger partial charge is 0.305 e. The maximum absolute atomic E-state index is 12.7. The topological polar surface area (TPSA) is 75.6 Å². The predicted octanol–water partition coefficient (Wildman–Crippen LogP) is 3.08. The highest BCUT2D eigenvalue weighted by Gasteiger charge is 2.38. The second kappa shape index (κ2) is 7.93. The van der Waals surface area contributed by atoms with Crippen LogP contribution in [-0.2, 0) is 14.3 Å². The van der Waals surface area contributed by atoms with Crippen molar-refractivity contribution in [1.82, 2.24) is 5.32 Å². The van der Waals surface area contributed by atoms with E-state index < -0.39 is 11.5 Å². The van der Waals surface area contributed by atoms with Crippen molar-refractivity contribution in [2.45, 2.75) is 44.1 Å². The molecule has 0 saturated carbocycles. The summed E-state index contributed by atoms with van der Waals surface area (Å²) < 4.78 is 6.40. The van der Waals surface area contributed by atoms with E-state index in [0.717, 1.165) is 16.5 Å². The summed E-state index contributed by atoms with van der Waals surface area (Å²) in [6, 6.07) is 7.64. The highest BCUT2D eigenvalue weighted by Crippen LogP contribution is 2.27. The van der Waals surface area contributed by atoms with E-state index in [4.69, 9.17) is 4.74 Å². The third-order valence-corrected chi connectivity index (χ3v) is 4.73. The van der Waals surface area contributed by atoms with Gasteiger partial charge in [0.25, 0.3) is 0 Å². The molecule has 0 aliphatic carbocycles. The molecule has 5 nitrogen and oxygen atoms in total. The van der Waals surface area contributed by atoms with Gasteiger partial charge in [-0.3, -0.25) is 9.59 Å². The summed E-state index contributed by atoms with van der Waals surface area (Å²) >= 11 is 3.39. The van der Waals surface area contributed by atoms with Crippen LogP contribution in [0.25, 0.3) is 0 Å². The molecule has 1 fully saturated rings. The third kappa shape index (κ3) is 4.78. The molecule has 0 bridgehead atoms. The van der Waals surface area contributed by atoms with Crippen molar-refractivity contribution >= 4 is 27.8 Å². The van der Waals surface area contributed by atoms with E-state index in [1.54, 1.807) is 0 Å². The molecule has 1 saturated heterocycles. The van der Waals surface area contributed by atoms with Gasteiger partial charge >= 0.3 is 5.97 Å². The number of nitrogens with one attached hydrogen (secondary N) is 1. The number of hydrogen-bond acceptors (Lipinski definition) is 3. The maximum Gasteiger partial charge on any atom is 0.305 e. The molecule has 2 N–H and O–H groups in total. The fourth-order valence-electron chi connectivity index (χ4n) is 3.04. The molecule has 23 heavy (non-hydrogen) atoms. The van der Waals surface area contributed by atoms with E-state index in [1.165, 1.54) is 0 Å². The zero-order valence-electron chi connectivity index (χ0n) is 13.2. The minimum absolute atomic E-state index is 0.116. The van der Waals surface area contributed by atoms with Crippen LogP contribution in [-0.4, -0.2) is 35.7 Å². The van der Waals surface area contributed by atoms with Gasteiger partial charge in [-0.05, 0) is 37.0 Å². The van der Waals surface area contributed by atoms with Crippen LogP contribution in [0.4, 0.5) is 0 Å². The van der Waals surface area contributed by atoms with E-state index >= 15 is 0 Å². The van der Waals surface area contributed by atoms with Crippen molar-refractivity contribution in [2.24, 2.45) is 0 Å². The molecule has 1 aromatic rings. The summed E-state index contributed by atoms with van der Waals surface area (Å²) in [7, 11) is 0. The van der Waals surface area contributed by atoms with Crippen molar-refractivity contribution in [3.8, 4) is 0 Å². The summed E-state index contributed by atoms with van der Waals surface area (Å²) in [5.41, 5.74) is 0.125. The van der Waals surface area contributed by atoms with E-state index in [9.17, 15) is 14.7 Å². The van der Waals surface area contributed by atoms with Crippen molar-refractivity contribution < 1.29 is 19.4 Å². The van der Waals surface area contributed by atoms with Gasteiger partial charge in [0.1, 0.15) is 0 Å². The average molecular weight is 384 g/mol. The highest BCUT2D eigenvalue weighted by molar-refractivity contribution is 9.10. The zero-order chi connectivity index (χ0) is 16.9. The lowest BCUT2D eigenvalue weighted by atomic mass is 9.87. The van der Waals surface area contributed by atoms with Crippen molar-refractivity contribution in [3.63, 3.8) is 0 Å². The number of ether oxygens (including phenoxy) is 1. The number of aliphatic carboxylic acids is 1. The van der Waals surface area contributed by atoms with Crippen molar-refractivity contribution in [2.75, 3.05) is 13.2 Å². The molecule has 1 aliphatic rings. The summed E-state index contributed by atoms with van der Waals surface area (Å²) in [6.45, 7) is 2.82. The Balaban J connectivity index is 2.15. The standard InChI is InChI=1S/C17H22BrNO4/c1-2-14(12-4-6-13(18)7-5-12)16(22)19-17(10-15(20)21)8-3-9-23-11-17/h4-7,14H,2-3,8-11H2,1H3,(H,19,22)(H,20,21). The Bertz CT molecular complexity index is 552. The second-order valence-corrected chi connectivity index (χ2v) is 6.92. The lowest BCUT2D eigenvalue weighted by Crippen LogP contribution is -2.56. The number of rotatable bonds is 6. The van der Waals surface area contributed by atoms with Crippen LogP contribution in [0.2, 0.25) is 0 Å². The summed E-state index contributed by atoms with van der Waals surface area (Å²) in [4.78, 5) is 23.9. The van der Waals surface area contributed by atoms with Gasteiger partial charge in [0.15, 0.2) is 0 Å². The first kappa shape index (κ1) is 17.9. The van der Waals surface area contributed by atoms with Crippen molar-refractivity contribution in [1.29, 1.82) is 0 Å². The average Bonchev–Trinajstić information content (AvgIpc) is 2.49. The lowest BCUT2D eigenvalue weighted by molar-refractivity contribution is -0.141. The van der Waals surface area contributed by atoms with Gasteiger partial charge in [-0.15, -0.1) is 0 Å². The fourth-order valence-corrected chi connectivity index (χ4v) is 3.30. The minimum atomic E-state index is -0.924. The minimum Gasteiger partial charge on any atom is -0.481 e. The number of carboxylic acids is 1. The van der Waals surface area contributed by atoms with Crippen LogP contribution in [0.5, 0.6) is 0 Å². The zero-order valence-corrected chi connectivity index (χ0v) is 14.8.